The van der Waals surface area contributed by atoms with Gasteiger partial charge in [-0.25, -0.2) is 4.79 Å². The highest BCUT2D eigenvalue weighted by Crippen LogP contribution is 1.89. The average molecular weight is 255 g/mol. The van der Waals surface area contributed by atoms with Crippen LogP contribution in [0.1, 0.15) is 6.92 Å². The summed E-state index contributed by atoms with van der Waals surface area (Å²) in [5.41, 5.74) is 0.441. The van der Waals surface area contributed by atoms with E-state index in [0.717, 1.165) is 7.11 Å². The normalized spacial score (nSPS) is 10.0. The fourth-order valence-electron chi connectivity index (χ4n) is 0.369. The van der Waals surface area contributed by atoms with Gasteiger partial charge in [0.2, 0.25) is 0 Å². The molecule has 16 heavy (non-hydrogen) atoms. The second-order valence-corrected chi connectivity index (χ2v) is 3.80. The molecule has 0 aromatic heterocycles. The molecule has 0 rings (SSSR count). The maximum Gasteiger partial charge on any atom is 0.397 e. The molecule has 0 spiro atoms. The molecule has 0 aliphatic heterocycles. The molecular weight excluding hydrogens is 238 g/mol. The maximum atomic E-state index is 10.7. The summed E-state index contributed by atoms with van der Waals surface area (Å²) in [6.45, 7) is 6.15. The predicted molar refractivity (Wildman–Crippen MR) is 58.3 cm³/mol. The zero-order valence-corrected chi connectivity index (χ0v) is 10.3. The molecule has 0 aromatic rings. The van der Waals surface area contributed by atoms with Crippen molar-refractivity contribution in [2.24, 2.45) is 0 Å². The largest absolute Gasteiger partial charge is 0.461 e. The molecule has 0 atom stereocenters. The molecule has 0 aliphatic rings. The molecule has 7 nitrogen and oxygen atoms in total. The topological polar surface area (TPSA) is 102 Å². The first kappa shape index (κ1) is 17.4. The van der Waals surface area contributed by atoms with Gasteiger partial charge in [0.05, 0.1) is 7.11 Å². The van der Waals surface area contributed by atoms with Gasteiger partial charge < -0.3 is 10.1 Å². The van der Waals surface area contributed by atoms with Crippen molar-refractivity contribution in [3.63, 3.8) is 0 Å². The van der Waals surface area contributed by atoms with Crippen LogP contribution in [0.5, 0.6) is 0 Å². The first-order chi connectivity index (χ1) is 7.24. The van der Waals surface area contributed by atoms with Crippen molar-refractivity contribution in [1.82, 2.24) is 5.32 Å². The smallest absolute Gasteiger partial charge is 0.397 e. The van der Waals surface area contributed by atoms with E-state index in [-0.39, 0.29) is 5.97 Å². The number of likely N-dealkylation sites (N-methyl/N-ethyl adjacent to an activating group) is 1. The van der Waals surface area contributed by atoms with Crippen LogP contribution in [0, 0.1) is 0 Å². The Labute approximate surface area is 95.4 Å². The lowest BCUT2D eigenvalue weighted by molar-refractivity contribution is -0.138. The lowest BCUT2D eigenvalue weighted by Crippen LogP contribution is -2.17. The zero-order chi connectivity index (χ0) is 13.2. The number of esters is 1. The van der Waals surface area contributed by atoms with Crippen LogP contribution in [0.15, 0.2) is 12.2 Å². The molecule has 0 radical (unpaired) electrons. The Hall–Kier alpha value is -0.960. The van der Waals surface area contributed by atoms with Crippen LogP contribution in [-0.2, 0) is 24.1 Å². The second-order valence-electron chi connectivity index (χ2n) is 2.61. The Balaban J connectivity index is 0. The molecule has 0 unspecified atom stereocenters. The van der Waals surface area contributed by atoms with Gasteiger partial charge in [-0.3, -0.25) is 8.74 Å². The Morgan fingerprint density at radius 1 is 1.50 bits per heavy atom. The van der Waals surface area contributed by atoms with Crippen molar-refractivity contribution < 1.29 is 26.7 Å². The van der Waals surface area contributed by atoms with Gasteiger partial charge in [-0.2, -0.15) is 8.42 Å². The van der Waals surface area contributed by atoms with E-state index >= 15 is 0 Å². The fourth-order valence-corrected chi connectivity index (χ4v) is 0.369. The highest BCUT2D eigenvalue weighted by Gasteiger charge is 2.00. The van der Waals surface area contributed by atoms with Crippen LogP contribution in [0.25, 0.3) is 0 Å². The maximum absolute atomic E-state index is 10.7. The molecule has 0 saturated carbocycles. The lowest BCUT2D eigenvalue weighted by atomic mass is 10.4. The van der Waals surface area contributed by atoms with Crippen molar-refractivity contribution in [2.75, 3.05) is 27.3 Å². The van der Waals surface area contributed by atoms with E-state index < -0.39 is 10.4 Å². The molecular formula is C8H17NO6S. The summed E-state index contributed by atoms with van der Waals surface area (Å²) >= 11 is 0. The Morgan fingerprint density at radius 3 is 2.19 bits per heavy atom. The zero-order valence-electron chi connectivity index (χ0n) is 9.52. The van der Waals surface area contributed by atoms with Crippen molar-refractivity contribution in [1.29, 1.82) is 0 Å². The Kier molecular flexibility index (Phi) is 10.1. The van der Waals surface area contributed by atoms with E-state index in [2.05, 4.69) is 16.1 Å². The Morgan fingerprint density at radius 2 is 1.94 bits per heavy atom. The number of carbonyl (C=O) groups excluding carboxylic acids is 1. The quantitative estimate of drug-likeness (QED) is 0.302. The van der Waals surface area contributed by atoms with Crippen LogP contribution >= 0.6 is 0 Å². The number of ether oxygens (including phenoxy) is 1. The highest BCUT2D eigenvalue weighted by atomic mass is 32.3. The molecule has 8 heteroatoms. The van der Waals surface area contributed by atoms with Gasteiger partial charge in [-0.15, -0.1) is 0 Å². The molecule has 0 aromatic carbocycles. The first-order valence-electron chi connectivity index (χ1n) is 4.24. The van der Waals surface area contributed by atoms with Crippen molar-refractivity contribution in [3.8, 4) is 0 Å². The summed E-state index contributed by atoms with van der Waals surface area (Å²) in [5, 5.41) is 2.86. The molecule has 96 valence electrons. The van der Waals surface area contributed by atoms with Crippen molar-refractivity contribution in [3.05, 3.63) is 12.2 Å². The van der Waals surface area contributed by atoms with Crippen molar-refractivity contribution >= 4 is 16.4 Å². The lowest BCUT2D eigenvalue weighted by Gasteiger charge is -2.01. The van der Waals surface area contributed by atoms with Gasteiger partial charge in [-0.05, 0) is 14.0 Å². The summed E-state index contributed by atoms with van der Waals surface area (Å²) in [4.78, 5) is 10.7. The third-order valence-electron chi connectivity index (χ3n) is 1.14. The van der Waals surface area contributed by atoms with E-state index in [1.807, 2.05) is 0 Å². The predicted octanol–water partition coefficient (Wildman–Crippen LogP) is -0.239. The van der Waals surface area contributed by atoms with Gasteiger partial charge in [0.1, 0.15) is 6.61 Å². The third-order valence-corrected chi connectivity index (χ3v) is 1.57. The molecule has 0 saturated heterocycles. The number of nitrogens with one attached hydrogen (secondary N) is 1. The fraction of sp³-hybridized carbons (Fsp3) is 0.625. The van der Waals surface area contributed by atoms with E-state index in [1.54, 1.807) is 14.0 Å². The number of rotatable bonds is 5. The summed E-state index contributed by atoms with van der Waals surface area (Å²) < 4.78 is 34.5. The molecule has 0 bridgehead atoms. The van der Waals surface area contributed by atoms with Crippen molar-refractivity contribution in [2.45, 2.75) is 6.92 Å². The average Bonchev–Trinajstić information content (AvgIpc) is 2.17. The molecule has 0 heterocycles. The number of carbonyl (C=O) groups is 1. The van der Waals surface area contributed by atoms with E-state index in [4.69, 9.17) is 9.29 Å². The van der Waals surface area contributed by atoms with E-state index in [9.17, 15) is 13.2 Å². The second kappa shape index (κ2) is 9.28. The minimum atomic E-state index is -4.16. The Bertz CT molecular complexity index is 310. The minimum Gasteiger partial charge on any atom is -0.461 e. The first-order valence-corrected chi connectivity index (χ1v) is 5.61. The van der Waals surface area contributed by atoms with Crippen LogP contribution in [0.4, 0.5) is 0 Å². The van der Waals surface area contributed by atoms with Gasteiger partial charge in [0, 0.05) is 12.1 Å². The minimum absolute atomic E-state index is 0.324. The van der Waals surface area contributed by atoms with Crippen LogP contribution < -0.4 is 5.32 Å². The third kappa shape index (κ3) is 15.5. The molecule has 0 amide bonds. The summed E-state index contributed by atoms with van der Waals surface area (Å²) in [6.07, 6.45) is 0. The van der Waals surface area contributed by atoms with Crippen LogP contribution in [-0.4, -0.2) is 46.2 Å². The summed E-state index contributed by atoms with van der Waals surface area (Å²) in [7, 11) is -1.49. The molecule has 0 aliphatic carbocycles. The van der Waals surface area contributed by atoms with Crippen LogP contribution in [0.2, 0.25) is 0 Å². The van der Waals surface area contributed by atoms with E-state index in [1.165, 1.54) is 0 Å². The SMILES string of the molecule is C=C(C)C(=O)OCCNC.COS(=O)(=O)O. The summed E-state index contributed by atoms with van der Waals surface area (Å²) in [6, 6.07) is 0. The van der Waals surface area contributed by atoms with Gasteiger partial charge in [0.15, 0.2) is 0 Å². The van der Waals surface area contributed by atoms with E-state index in [0.29, 0.717) is 18.7 Å². The van der Waals surface area contributed by atoms with Gasteiger partial charge >= 0.3 is 16.4 Å². The van der Waals surface area contributed by atoms with Gasteiger partial charge in [-0.1, -0.05) is 6.58 Å². The number of hydrogen-bond donors (Lipinski definition) is 2. The van der Waals surface area contributed by atoms with Crippen LogP contribution in [0.3, 0.4) is 0 Å². The number of hydrogen-bond acceptors (Lipinski definition) is 6. The highest BCUT2D eigenvalue weighted by molar-refractivity contribution is 7.80. The molecule has 0 fully saturated rings. The molecule has 2 N–H and O–H groups in total. The standard InChI is InChI=1S/C7H13NO2.CH4O4S/c1-6(2)7(9)10-5-4-8-3;1-5-6(2,3)4/h8H,1,4-5H2,2-3H3;1H3,(H,2,3,4). The summed E-state index contributed by atoms with van der Waals surface area (Å²) in [5.74, 6) is -0.324. The van der Waals surface area contributed by atoms with Gasteiger partial charge in [0.25, 0.3) is 0 Å². The monoisotopic (exact) mass is 255 g/mol.